The standard InChI is InChI=1S/C13H9BrClFN2O2/c1-6-2-8(14)10(16)4-11(6)18-12-9(15)3-7(5-17-12)13(19)20/h2-5H,1H3,(H,17,18)(H,19,20). The number of carboxylic acids is 1. The lowest BCUT2D eigenvalue weighted by Crippen LogP contribution is -2.01. The number of carbonyl (C=O) groups is 1. The Morgan fingerprint density at radius 3 is 2.75 bits per heavy atom. The Balaban J connectivity index is 2.35. The molecular formula is C13H9BrClFN2O2. The number of nitrogens with zero attached hydrogens (tertiary/aromatic N) is 1. The molecule has 20 heavy (non-hydrogen) atoms. The molecule has 1 heterocycles. The van der Waals surface area contributed by atoms with Crippen LogP contribution in [-0.2, 0) is 0 Å². The van der Waals surface area contributed by atoms with Crippen molar-refractivity contribution in [3.05, 3.63) is 50.8 Å². The lowest BCUT2D eigenvalue weighted by atomic mass is 10.2. The number of anilines is 2. The molecule has 4 nitrogen and oxygen atoms in total. The van der Waals surface area contributed by atoms with Gasteiger partial charge in [0.15, 0.2) is 0 Å². The summed E-state index contributed by atoms with van der Waals surface area (Å²) in [6.07, 6.45) is 1.18. The van der Waals surface area contributed by atoms with Crippen molar-refractivity contribution in [3.8, 4) is 0 Å². The Labute approximate surface area is 127 Å². The first kappa shape index (κ1) is 14.7. The number of rotatable bonds is 3. The average molecular weight is 360 g/mol. The van der Waals surface area contributed by atoms with Crippen molar-refractivity contribution in [1.29, 1.82) is 0 Å². The Kier molecular flexibility index (Phi) is 4.25. The highest BCUT2D eigenvalue weighted by Crippen LogP contribution is 2.29. The second-order valence-corrected chi connectivity index (χ2v) is 5.33. The molecule has 0 saturated carbocycles. The fourth-order valence-corrected chi connectivity index (χ4v) is 2.23. The average Bonchev–Trinajstić information content (AvgIpc) is 2.37. The summed E-state index contributed by atoms with van der Waals surface area (Å²) in [7, 11) is 0. The molecule has 0 fully saturated rings. The van der Waals surface area contributed by atoms with Gasteiger partial charge >= 0.3 is 5.97 Å². The van der Waals surface area contributed by atoms with Crippen LogP contribution >= 0.6 is 27.5 Å². The molecule has 0 radical (unpaired) electrons. The summed E-state index contributed by atoms with van der Waals surface area (Å²) in [4.78, 5) is 14.7. The summed E-state index contributed by atoms with van der Waals surface area (Å²) in [6, 6.07) is 4.21. The van der Waals surface area contributed by atoms with E-state index in [0.29, 0.717) is 10.2 Å². The number of hydrogen-bond acceptors (Lipinski definition) is 3. The lowest BCUT2D eigenvalue weighted by Gasteiger charge is -2.11. The van der Waals surface area contributed by atoms with Gasteiger partial charge in [0.25, 0.3) is 0 Å². The zero-order valence-corrected chi connectivity index (χ0v) is 12.6. The topological polar surface area (TPSA) is 62.2 Å². The fourth-order valence-electron chi connectivity index (χ4n) is 1.56. The van der Waals surface area contributed by atoms with Crippen LogP contribution in [0.25, 0.3) is 0 Å². The lowest BCUT2D eigenvalue weighted by molar-refractivity contribution is 0.0696. The molecule has 7 heteroatoms. The van der Waals surface area contributed by atoms with Gasteiger partial charge < -0.3 is 10.4 Å². The molecule has 0 spiro atoms. The largest absolute Gasteiger partial charge is 0.478 e. The van der Waals surface area contributed by atoms with Gasteiger partial charge in [0.05, 0.1) is 15.1 Å². The molecule has 0 aliphatic rings. The Morgan fingerprint density at radius 1 is 1.45 bits per heavy atom. The van der Waals surface area contributed by atoms with E-state index in [4.69, 9.17) is 16.7 Å². The van der Waals surface area contributed by atoms with Crippen LogP contribution < -0.4 is 5.32 Å². The molecule has 0 saturated heterocycles. The van der Waals surface area contributed by atoms with E-state index in [1.165, 1.54) is 18.3 Å². The smallest absolute Gasteiger partial charge is 0.337 e. The molecule has 104 valence electrons. The first-order chi connectivity index (χ1) is 9.38. The highest BCUT2D eigenvalue weighted by molar-refractivity contribution is 9.10. The molecule has 1 aromatic carbocycles. The van der Waals surface area contributed by atoms with Gasteiger partial charge in [-0.3, -0.25) is 0 Å². The number of aromatic nitrogens is 1. The summed E-state index contributed by atoms with van der Waals surface area (Å²) in [6.45, 7) is 1.80. The Hall–Kier alpha value is -1.66. The minimum atomic E-state index is -1.11. The molecule has 0 aliphatic heterocycles. The number of benzene rings is 1. The fraction of sp³-hybridized carbons (Fsp3) is 0.0769. The van der Waals surface area contributed by atoms with Gasteiger partial charge in [-0.1, -0.05) is 11.6 Å². The SMILES string of the molecule is Cc1cc(Br)c(F)cc1Nc1ncc(C(=O)O)cc1Cl. The van der Waals surface area contributed by atoms with Crippen molar-refractivity contribution in [2.45, 2.75) is 6.92 Å². The van der Waals surface area contributed by atoms with E-state index in [0.717, 1.165) is 5.56 Å². The predicted molar refractivity (Wildman–Crippen MR) is 78.3 cm³/mol. The summed E-state index contributed by atoms with van der Waals surface area (Å²) >= 11 is 9.05. The van der Waals surface area contributed by atoms with Gasteiger partial charge in [-0.2, -0.15) is 0 Å². The number of nitrogens with one attached hydrogen (secondary N) is 1. The Morgan fingerprint density at radius 2 is 2.15 bits per heavy atom. The number of carboxylic acid groups (broad SMARTS) is 1. The molecule has 0 bridgehead atoms. The maximum absolute atomic E-state index is 13.5. The minimum absolute atomic E-state index is 0.0146. The van der Waals surface area contributed by atoms with E-state index in [1.54, 1.807) is 13.0 Å². The van der Waals surface area contributed by atoms with E-state index in [9.17, 15) is 9.18 Å². The normalized spacial score (nSPS) is 10.4. The highest BCUT2D eigenvalue weighted by Gasteiger charge is 2.11. The van der Waals surface area contributed by atoms with Crippen LogP contribution in [-0.4, -0.2) is 16.1 Å². The van der Waals surface area contributed by atoms with Crippen LogP contribution in [0.2, 0.25) is 5.02 Å². The minimum Gasteiger partial charge on any atom is -0.478 e. The first-order valence-corrected chi connectivity index (χ1v) is 6.67. The van der Waals surface area contributed by atoms with E-state index >= 15 is 0 Å². The van der Waals surface area contributed by atoms with Crippen molar-refractivity contribution in [1.82, 2.24) is 4.98 Å². The van der Waals surface area contributed by atoms with Crippen molar-refractivity contribution < 1.29 is 14.3 Å². The van der Waals surface area contributed by atoms with Crippen LogP contribution in [0.3, 0.4) is 0 Å². The molecule has 2 N–H and O–H groups in total. The molecule has 0 unspecified atom stereocenters. The third kappa shape index (κ3) is 3.08. The van der Waals surface area contributed by atoms with E-state index in [1.807, 2.05) is 0 Å². The molecule has 0 aliphatic carbocycles. The molecule has 2 aromatic rings. The number of hydrogen-bond donors (Lipinski definition) is 2. The maximum atomic E-state index is 13.5. The zero-order chi connectivity index (χ0) is 14.9. The quantitative estimate of drug-likeness (QED) is 0.853. The van der Waals surface area contributed by atoms with Crippen LogP contribution in [0.4, 0.5) is 15.9 Å². The summed E-state index contributed by atoms with van der Waals surface area (Å²) in [5.74, 6) is -1.27. The number of halogens is 3. The van der Waals surface area contributed by atoms with Gasteiger partial charge in [-0.05, 0) is 46.6 Å². The van der Waals surface area contributed by atoms with Gasteiger partial charge in [-0.15, -0.1) is 0 Å². The molecular weight excluding hydrogens is 351 g/mol. The number of pyridine rings is 1. The summed E-state index contributed by atoms with van der Waals surface area (Å²) in [5.41, 5.74) is 1.28. The first-order valence-electron chi connectivity index (χ1n) is 5.50. The van der Waals surface area contributed by atoms with Crippen molar-refractivity contribution in [3.63, 3.8) is 0 Å². The summed E-state index contributed by atoms with van der Waals surface area (Å²) < 4.78 is 13.9. The predicted octanol–water partition coefficient (Wildman–Crippen LogP) is 4.39. The van der Waals surface area contributed by atoms with E-state index in [2.05, 4.69) is 26.2 Å². The van der Waals surface area contributed by atoms with Gasteiger partial charge in [0, 0.05) is 11.9 Å². The molecule has 0 atom stereocenters. The van der Waals surface area contributed by atoms with E-state index < -0.39 is 11.8 Å². The molecule has 1 aromatic heterocycles. The van der Waals surface area contributed by atoms with Gasteiger partial charge in [0.1, 0.15) is 11.6 Å². The van der Waals surface area contributed by atoms with Crippen LogP contribution in [0.15, 0.2) is 28.9 Å². The Bertz CT molecular complexity index is 694. The van der Waals surface area contributed by atoms with Gasteiger partial charge in [-0.25, -0.2) is 14.2 Å². The van der Waals surface area contributed by atoms with E-state index in [-0.39, 0.29) is 16.4 Å². The van der Waals surface area contributed by atoms with Crippen LogP contribution in [0, 0.1) is 12.7 Å². The van der Waals surface area contributed by atoms with Crippen LogP contribution in [0.1, 0.15) is 15.9 Å². The third-order valence-corrected chi connectivity index (χ3v) is 3.50. The highest BCUT2D eigenvalue weighted by atomic mass is 79.9. The van der Waals surface area contributed by atoms with Crippen molar-refractivity contribution in [2.24, 2.45) is 0 Å². The number of aryl methyl sites for hydroxylation is 1. The zero-order valence-electron chi connectivity index (χ0n) is 10.2. The molecule has 2 rings (SSSR count). The maximum Gasteiger partial charge on any atom is 0.337 e. The number of aromatic carboxylic acids is 1. The third-order valence-electron chi connectivity index (χ3n) is 2.61. The second-order valence-electron chi connectivity index (χ2n) is 4.07. The second kappa shape index (κ2) is 5.76. The van der Waals surface area contributed by atoms with Gasteiger partial charge in [0.2, 0.25) is 0 Å². The van der Waals surface area contributed by atoms with Crippen molar-refractivity contribution in [2.75, 3.05) is 5.32 Å². The van der Waals surface area contributed by atoms with Crippen LogP contribution in [0.5, 0.6) is 0 Å². The van der Waals surface area contributed by atoms with Crippen molar-refractivity contribution >= 4 is 45.0 Å². The molecule has 0 amide bonds. The summed E-state index contributed by atoms with van der Waals surface area (Å²) in [5, 5.41) is 11.9. The monoisotopic (exact) mass is 358 g/mol.